The van der Waals surface area contributed by atoms with Crippen LogP contribution in [0.5, 0.6) is 0 Å². The second-order valence-electron chi connectivity index (χ2n) is 6.65. The Labute approximate surface area is 160 Å². The quantitative estimate of drug-likeness (QED) is 0.690. The van der Waals surface area contributed by atoms with Crippen LogP contribution in [0.1, 0.15) is 29.2 Å². The van der Waals surface area contributed by atoms with Gasteiger partial charge >= 0.3 is 0 Å². The monoisotopic (exact) mass is 394 g/mol. The Morgan fingerprint density at radius 3 is 2.23 bits per heavy atom. The number of thiophene rings is 1. The normalized spacial score (nSPS) is 11.9. The molecule has 5 nitrogen and oxygen atoms in total. The number of benzene rings is 1. The van der Waals surface area contributed by atoms with E-state index in [1.165, 1.54) is 9.18 Å². The third kappa shape index (κ3) is 5.93. The minimum atomic E-state index is -3.45. The SMILES string of the molecule is Cc1ccc(CN(Cc2ccccc2)C(=O)CN(C(C)C)S(C)(=O)=O)s1. The Hall–Kier alpha value is -1.70. The van der Waals surface area contributed by atoms with Gasteiger partial charge in [-0.05, 0) is 38.5 Å². The maximum absolute atomic E-state index is 12.9. The fourth-order valence-electron chi connectivity index (χ4n) is 2.71. The first-order valence-electron chi connectivity index (χ1n) is 8.50. The highest BCUT2D eigenvalue weighted by Gasteiger charge is 2.26. The molecule has 1 heterocycles. The van der Waals surface area contributed by atoms with Crippen molar-refractivity contribution in [1.29, 1.82) is 0 Å². The van der Waals surface area contributed by atoms with Crippen LogP contribution in [0.4, 0.5) is 0 Å². The van der Waals surface area contributed by atoms with E-state index in [4.69, 9.17) is 0 Å². The Morgan fingerprint density at radius 1 is 1.08 bits per heavy atom. The van der Waals surface area contributed by atoms with Gasteiger partial charge in [-0.1, -0.05) is 30.3 Å². The van der Waals surface area contributed by atoms with Crippen LogP contribution < -0.4 is 0 Å². The summed E-state index contributed by atoms with van der Waals surface area (Å²) in [6.07, 6.45) is 1.14. The van der Waals surface area contributed by atoms with Crippen molar-refractivity contribution >= 4 is 27.3 Å². The first-order chi connectivity index (χ1) is 12.2. The molecule has 0 unspecified atom stereocenters. The van der Waals surface area contributed by atoms with Crippen molar-refractivity contribution in [2.75, 3.05) is 12.8 Å². The molecule has 1 aromatic carbocycles. The zero-order chi connectivity index (χ0) is 19.3. The number of nitrogens with zero attached hydrogens (tertiary/aromatic N) is 2. The lowest BCUT2D eigenvalue weighted by atomic mass is 10.2. The summed E-state index contributed by atoms with van der Waals surface area (Å²) in [5.41, 5.74) is 1.02. The topological polar surface area (TPSA) is 57.7 Å². The minimum absolute atomic E-state index is 0.145. The number of carbonyl (C=O) groups excluding carboxylic acids is 1. The largest absolute Gasteiger partial charge is 0.332 e. The highest BCUT2D eigenvalue weighted by Crippen LogP contribution is 2.19. The van der Waals surface area contributed by atoms with Gasteiger partial charge in [0.15, 0.2) is 0 Å². The second-order valence-corrected chi connectivity index (χ2v) is 9.96. The van der Waals surface area contributed by atoms with Gasteiger partial charge in [0.05, 0.1) is 19.3 Å². The summed E-state index contributed by atoms with van der Waals surface area (Å²) in [4.78, 5) is 16.9. The molecule has 0 saturated carbocycles. The van der Waals surface area contributed by atoms with E-state index in [1.54, 1.807) is 30.1 Å². The van der Waals surface area contributed by atoms with Gasteiger partial charge in [-0.2, -0.15) is 4.31 Å². The second kappa shape index (κ2) is 8.79. The van der Waals surface area contributed by atoms with E-state index in [0.29, 0.717) is 13.1 Å². The van der Waals surface area contributed by atoms with Crippen LogP contribution in [-0.4, -0.2) is 42.4 Å². The Kier molecular flexibility index (Phi) is 6.97. The average molecular weight is 395 g/mol. The fraction of sp³-hybridized carbons (Fsp3) is 0.421. The summed E-state index contributed by atoms with van der Waals surface area (Å²) >= 11 is 1.65. The van der Waals surface area contributed by atoms with Gasteiger partial charge in [0.2, 0.25) is 15.9 Å². The average Bonchev–Trinajstić information content (AvgIpc) is 2.96. The molecule has 0 atom stereocenters. The van der Waals surface area contributed by atoms with Crippen LogP contribution in [0.3, 0.4) is 0 Å². The van der Waals surface area contributed by atoms with Crippen molar-refractivity contribution in [1.82, 2.24) is 9.21 Å². The summed E-state index contributed by atoms with van der Waals surface area (Å²) in [6.45, 7) is 6.36. The van der Waals surface area contributed by atoms with Crippen LogP contribution in [0.2, 0.25) is 0 Å². The molecule has 0 bridgehead atoms. The maximum Gasteiger partial charge on any atom is 0.238 e. The minimum Gasteiger partial charge on any atom is -0.332 e. The Bertz CT molecular complexity index is 829. The van der Waals surface area contributed by atoms with Crippen molar-refractivity contribution in [3.05, 3.63) is 57.8 Å². The molecule has 26 heavy (non-hydrogen) atoms. The van der Waals surface area contributed by atoms with Gasteiger partial charge in [0.1, 0.15) is 0 Å². The number of amides is 1. The molecule has 0 aliphatic heterocycles. The van der Waals surface area contributed by atoms with Gasteiger partial charge in [-0.25, -0.2) is 8.42 Å². The molecule has 0 aliphatic carbocycles. The summed E-state index contributed by atoms with van der Waals surface area (Å²) in [7, 11) is -3.45. The number of aryl methyl sites for hydroxylation is 1. The Balaban J connectivity index is 2.22. The van der Waals surface area contributed by atoms with Crippen LogP contribution in [0.15, 0.2) is 42.5 Å². The fourth-order valence-corrected chi connectivity index (χ4v) is 4.73. The molecule has 1 amide bonds. The molecule has 0 radical (unpaired) electrons. The van der Waals surface area contributed by atoms with E-state index in [-0.39, 0.29) is 18.5 Å². The van der Waals surface area contributed by atoms with E-state index < -0.39 is 10.0 Å². The summed E-state index contributed by atoms with van der Waals surface area (Å²) in [5, 5.41) is 0. The molecule has 0 fully saturated rings. The predicted octanol–water partition coefficient (Wildman–Crippen LogP) is 3.26. The molecule has 2 rings (SSSR count). The van der Waals surface area contributed by atoms with Crippen molar-refractivity contribution in [2.45, 2.75) is 39.9 Å². The molecule has 0 aliphatic rings. The van der Waals surface area contributed by atoms with Crippen LogP contribution in [0.25, 0.3) is 0 Å². The summed E-state index contributed by atoms with van der Waals surface area (Å²) < 4.78 is 25.3. The molecular weight excluding hydrogens is 368 g/mol. The first kappa shape index (κ1) is 20.6. The molecular formula is C19H26N2O3S2. The van der Waals surface area contributed by atoms with E-state index in [1.807, 2.05) is 49.4 Å². The third-order valence-corrected chi connectivity index (χ3v) is 6.39. The van der Waals surface area contributed by atoms with Gasteiger partial charge in [-0.15, -0.1) is 11.3 Å². The van der Waals surface area contributed by atoms with Gasteiger partial charge in [0.25, 0.3) is 0 Å². The smallest absolute Gasteiger partial charge is 0.238 e. The molecule has 1 aromatic heterocycles. The number of rotatable bonds is 8. The highest BCUT2D eigenvalue weighted by atomic mass is 32.2. The van der Waals surface area contributed by atoms with Crippen LogP contribution >= 0.6 is 11.3 Å². The predicted molar refractivity (Wildman–Crippen MR) is 106 cm³/mol. The molecule has 0 spiro atoms. The maximum atomic E-state index is 12.9. The summed E-state index contributed by atoms with van der Waals surface area (Å²) in [6, 6.07) is 13.5. The van der Waals surface area contributed by atoms with Crippen LogP contribution in [0, 0.1) is 6.92 Å². The lowest BCUT2D eigenvalue weighted by Crippen LogP contribution is -2.45. The van der Waals surface area contributed by atoms with Gasteiger partial charge in [-0.3, -0.25) is 4.79 Å². The highest BCUT2D eigenvalue weighted by molar-refractivity contribution is 7.88. The number of hydrogen-bond acceptors (Lipinski definition) is 4. The first-order valence-corrected chi connectivity index (χ1v) is 11.2. The van der Waals surface area contributed by atoms with Crippen molar-refractivity contribution < 1.29 is 13.2 Å². The summed E-state index contributed by atoms with van der Waals surface area (Å²) in [5.74, 6) is -0.195. The van der Waals surface area contributed by atoms with E-state index in [2.05, 4.69) is 0 Å². The molecule has 2 aromatic rings. The number of hydrogen-bond donors (Lipinski definition) is 0. The van der Waals surface area contributed by atoms with Gasteiger partial charge in [0, 0.05) is 22.3 Å². The number of sulfonamides is 1. The van der Waals surface area contributed by atoms with Gasteiger partial charge < -0.3 is 4.90 Å². The third-order valence-electron chi connectivity index (χ3n) is 4.00. The van der Waals surface area contributed by atoms with E-state index in [9.17, 15) is 13.2 Å². The Morgan fingerprint density at radius 2 is 1.73 bits per heavy atom. The van der Waals surface area contributed by atoms with Crippen molar-refractivity contribution in [3.63, 3.8) is 0 Å². The molecule has 142 valence electrons. The van der Waals surface area contributed by atoms with E-state index in [0.717, 1.165) is 16.7 Å². The van der Waals surface area contributed by atoms with Crippen molar-refractivity contribution in [3.8, 4) is 0 Å². The van der Waals surface area contributed by atoms with Crippen molar-refractivity contribution in [2.24, 2.45) is 0 Å². The zero-order valence-corrected chi connectivity index (χ0v) is 17.3. The molecule has 0 N–H and O–H groups in total. The lowest BCUT2D eigenvalue weighted by molar-refractivity contribution is -0.132. The molecule has 0 saturated heterocycles. The lowest BCUT2D eigenvalue weighted by Gasteiger charge is -2.28. The molecule has 7 heteroatoms. The zero-order valence-electron chi connectivity index (χ0n) is 15.7. The standard InChI is InChI=1S/C19H26N2O3S2/c1-15(2)21(26(4,23)24)14-19(22)20(12-17-8-6-5-7-9-17)13-18-11-10-16(3)25-18/h5-11,15H,12-14H2,1-4H3. The van der Waals surface area contributed by atoms with E-state index >= 15 is 0 Å². The number of carbonyl (C=O) groups is 1. The van der Waals surface area contributed by atoms with Crippen LogP contribution in [-0.2, 0) is 27.9 Å².